The Morgan fingerprint density at radius 2 is 2.36 bits per heavy atom. The van der Waals surface area contributed by atoms with Gasteiger partial charge in [0.25, 0.3) is 0 Å². The smallest absolute Gasteiger partial charge is 0.189 e. The molecule has 4 N–H and O–H groups in total. The van der Waals surface area contributed by atoms with E-state index in [0.29, 0.717) is 12.5 Å². The van der Waals surface area contributed by atoms with Crippen LogP contribution < -0.4 is 11.1 Å². The third-order valence-corrected chi connectivity index (χ3v) is 2.45. The van der Waals surface area contributed by atoms with E-state index in [1.807, 2.05) is 19.1 Å². The van der Waals surface area contributed by atoms with Crippen LogP contribution in [0.15, 0.2) is 29.3 Å². The molecule has 0 bridgehead atoms. The molecule has 0 fully saturated rings. The average Bonchev–Trinajstić information content (AvgIpc) is 2.48. The van der Waals surface area contributed by atoms with Gasteiger partial charge in [0.2, 0.25) is 0 Å². The normalized spacial score (nSPS) is 25.6. The van der Waals surface area contributed by atoms with Crippen molar-refractivity contribution in [1.82, 2.24) is 5.32 Å². The number of phenolic OH excluding ortho intramolecular Hbond substituents is 1. The van der Waals surface area contributed by atoms with E-state index in [4.69, 9.17) is 5.73 Å². The van der Waals surface area contributed by atoms with Gasteiger partial charge in [-0.25, -0.2) is 0 Å². The van der Waals surface area contributed by atoms with Crippen molar-refractivity contribution in [2.45, 2.75) is 12.5 Å². The predicted octanol–water partition coefficient (Wildman–Crippen LogP) is 0.525. The maximum absolute atomic E-state index is 9.36. The minimum absolute atomic E-state index is 0.260. The van der Waals surface area contributed by atoms with Crippen molar-refractivity contribution in [1.29, 1.82) is 0 Å². The molecule has 0 aromatic heterocycles. The highest BCUT2D eigenvalue weighted by Gasteiger charge is 2.31. The molecule has 1 aromatic rings. The summed E-state index contributed by atoms with van der Waals surface area (Å²) in [4.78, 5) is 4.10. The Balaban J connectivity index is 2.32. The Kier molecular flexibility index (Phi) is 1.84. The predicted molar refractivity (Wildman–Crippen MR) is 55.1 cm³/mol. The van der Waals surface area contributed by atoms with E-state index in [2.05, 4.69) is 10.3 Å². The lowest BCUT2D eigenvalue weighted by Crippen LogP contribution is -2.42. The second kappa shape index (κ2) is 2.90. The number of nitrogens with one attached hydrogen (secondary N) is 1. The second-order valence-electron chi connectivity index (χ2n) is 3.71. The Bertz CT molecular complexity index is 389. The molecule has 0 amide bonds. The van der Waals surface area contributed by atoms with Gasteiger partial charge in [0.05, 0.1) is 12.1 Å². The Morgan fingerprint density at radius 1 is 1.57 bits per heavy atom. The zero-order valence-electron chi connectivity index (χ0n) is 7.99. The third-order valence-electron chi connectivity index (χ3n) is 2.45. The number of nitrogens with two attached hydrogens (primary N) is 1. The van der Waals surface area contributed by atoms with Crippen LogP contribution in [0.25, 0.3) is 0 Å². The molecule has 0 aliphatic carbocycles. The summed E-state index contributed by atoms with van der Waals surface area (Å²) in [6, 6.07) is 7.13. The lowest BCUT2D eigenvalue weighted by Gasteiger charge is -2.24. The van der Waals surface area contributed by atoms with Gasteiger partial charge in [-0.1, -0.05) is 12.1 Å². The molecule has 0 saturated heterocycles. The SMILES string of the molecule is CC1(c2cccc(O)c2)CN=C(N)N1. The quantitative estimate of drug-likeness (QED) is 0.606. The number of benzene rings is 1. The lowest BCUT2D eigenvalue weighted by atomic mass is 9.93. The fourth-order valence-corrected chi connectivity index (χ4v) is 1.62. The van der Waals surface area contributed by atoms with Crippen LogP contribution in [0, 0.1) is 0 Å². The first-order chi connectivity index (χ1) is 6.60. The molecule has 14 heavy (non-hydrogen) atoms. The first kappa shape index (κ1) is 8.87. The molecule has 1 atom stereocenters. The molecule has 4 nitrogen and oxygen atoms in total. The number of nitrogens with zero attached hydrogens (tertiary/aromatic N) is 1. The Morgan fingerprint density at radius 3 is 2.93 bits per heavy atom. The Hall–Kier alpha value is -1.71. The third kappa shape index (κ3) is 1.39. The number of rotatable bonds is 1. The molecule has 1 heterocycles. The highest BCUT2D eigenvalue weighted by atomic mass is 16.3. The van der Waals surface area contributed by atoms with Crippen LogP contribution in [0.1, 0.15) is 12.5 Å². The van der Waals surface area contributed by atoms with Crippen molar-refractivity contribution in [2.24, 2.45) is 10.7 Å². The van der Waals surface area contributed by atoms with Crippen LogP contribution in [-0.2, 0) is 5.54 Å². The maximum Gasteiger partial charge on any atom is 0.189 e. The van der Waals surface area contributed by atoms with Crippen LogP contribution in [-0.4, -0.2) is 17.6 Å². The summed E-state index contributed by atoms with van der Waals surface area (Å²) in [6.07, 6.45) is 0. The largest absolute Gasteiger partial charge is 0.508 e. The molecule has 0 radical (unpaired) electrons. The van der Waals surface area contributed by atoms with Gasteiger partial charge in [-0.2, -0.15) is 0 Å². The number of aliphatic imine (C=N–C) groups is 1. The fraction of sp³-hybridized carbons (Fsp3) is 0.300. The lowest BCUT2D eigenvalue weighted by molar-refractivity contribution is 0.456. The first-order valence-corrected chi connectivity index (χ1v) is 4.48. The molecule has 0 spiro atoms. The summed E-state index contributed by atoms with van der Waals surface area (Å²) in [5.41, 5.74) is 6.26. The fourth-order valence-electron chi connectivity index (χ4n) is 1.62. The summed E-state index contributed by atoms with van der Waals surface area (Å²) in [5.74, 6) is 0.715. The number of guanidine groups is 1. The van der Waals surface area contributed by atoms with E-state index in [9.17, 15) is 5.11 Å². The van der Waals surface area contributed by atoms with E-state index in [0.717, 1.165) is 5.56 Å². The molecular weight excluding hydrogens is 178 g/mol. The molecule has 74 valence electrons. The van der Waals surface area contributed by atoms with Crippen molar-refractivity contribution in [3.05, 3.63) is 29.8 Å². The van der Waals surface area contributed by atoms with Crippen LogP contribution in [0.5, 0.6) is 5.75 Å². The second-order valence-corrected chi connectivity index (χ2v) is 3.71. The van der Waals surface area contributed by atoms with Gasteiger partial charge >= 0.3 is 0 Å². The van der Waals surface area contributed by atoms with Crippen molar-refractivity contribution < 1.29 is 5.11 Å². The zero-order chi connectivity index (χ0) is 10.2. The van der Waals surface area contributed by atoms with E-state index >= 15 is 0 Å². The van der Waals surface area contributed by atoms with Gasteiger partial charge in [-0.15, -0.1) is 0 Å². The highest BCUT2D eigenvalue weighted by Crippen LogP contribution is 2.26. The van der Waals surface area contributed by atoms with Crippen LogP contribution >= 0.6 is 0 Å². The molecule has 0 saturated carbocycles. The summed E-state index contributed by atoms with van der Waals surface area (Å²) in [7, 11) is 0. The summed E-state index contributed by atoms with van der Waals surface area (Å²) in [5, 5.41) is 12.4. The maximum atomic E-state index is 9.36. The number of aromatic hydroxyl groups is 1. The summed E-state index contributed by atoms with van der Waals surface area (Å²) < 4.78 is 0. The monoisotopic (exact) mass is 191 g/mol. The first-order valence-electron chi connectivity index (χ1n) is 4.48. The molecule has 2 rings (SSSR count). The number of hydrogen-bond acceptors (Lipinski definition) is 4. The van der Waals surface area contributed by atoms with E-state index in [-0.39, 0.29) is 11.3 Å². The molecule has 1 aliphatic rings. The van der Waals surface area contributed by atoms with Crippen LogP contribution in [0.3, 0.4) is 0 Å². The minimum atomic E-state index is -0.289. The standard InChI is InChI=1S/C10H13N3O/c1-10(6-12-9(11)13-10)7-3-2-4-8(14)5-7/h2-5,14H,6H2,1H3,(H3,11,12,13). The van der Waals surface area contributed by atoms with E-state index in [1.165, 1.54) is 0 Å². The van der Waals surface area contributed by atoms with Crippen molar-refractivity contribution in [3.8, 4) is 5.75 Å². The van der Waals surface area contributed by atoms with Crippen molar-refractivity contribution >= 4 is 5.96 Å². The molecule has 1 aliphatic heterocycles. The van der Waals surface area contributed by atoms with E-state index in [1.54, 1.807) is 12.1 Å². The van der Waals surface area contributed by atoms with Crippen molar-refractivity contribution in [2.75, 3.05) is 6.54 Å². The summed E-state index contributed by atoms with van der Waals surface area (Å²) >= 11 is 0. The zero-order valence-corrected chi connectivity index (χ0v) is 7.99. The van der Waals surface area contributed by atoms with Gasteiger partial charge in [-0.05, 0) is 24.6 Å². The average molecular weight is 191 g/mol. The Labute approximate surface area is 82.5 Å². The van der Waals surface area contributed by atoms with Crippen LogP contribution in [0.2, 0.25) is 0 Å². The van der Waals surface area contributed by atoms with Crippen molar-refractivity contribution in [3.63, 3.8) is 0 Å². The molecule has 1 aromatic carbocycles. The van der Waals surface area contributed by atoms with Gasteiger partial charge in [0.1, 0.15) is 5.75 Å². The summed E-state index contributed by atoms with van der Waals surface area (Å²) in [6.45, 7) is 2.60. The van der Waals surface area contributed by atoms with Gasteiger partial charge < -0.3 is 16.2 Å². The topological polar surface area (TPSA) is 70.6 Å². The van der Waals surface area contributed by atoms with Gasteiger partial charge in [0.15, 0.2) is 5.96 Å². The van der Waals surface area contributed by atoms with Crippen LogP contribution in [0.4, 0.5) is 0 Å². The minimum Gasteiger partial charge on any atom is -0.508 e. The van der Waals surface area contributed by atoms with Gasteiger partial charge in [-0.3, -0.25) is 4.99 Å². The van der Waals surface area contributed by atoms with Gasteiger partial charge in [0, 0.05) is 0 Å². The highest BCUT2D eigenvalue weighted by molar-refractivity contribution is 5.81. The van der Waals surface area contributed by atoms with E-state index < -0.39 is 0 Å². The molecule has 1 unspecified atom stereocenters. The number of phenols is 1. The number of hydrogen-bond donors (Lipinski definition) is 3. The molecule has 4 heteroatoms. The molecular formula is C10H13N3O.